The van der Waals surface area contributed by atoms with E-state index in [4.69, 9.17) is 14.3 Å². The van der Waals surface area contributed by atoms with E-state index in [0.29, 0.717) is 5.56 Å². The Hall–Kier alpha value is -2.67. The van der Waals surface area contributed by atoms with E-state index in [-0.39, 0.29) is 19.4 Å². The predicted molar refractivity (Wildman–Crippen MR) is 108 cm³/mol. The van der Waals surface area contributed by atoms with Crippen LogP contribution in [-0.4, -0.2) is 47.6 Å². The molecule has 6 nitrogen and oxygen atoms in total. The van der Waals surface area contributed by atoms with Crippen LogP contribution >= 0.6 is 0 Å². The maximum atomic E-state index is 12.3. The summed E-state index contributed by atoms with van der Waals surface area (Å²) in [4.78, 5) is 19.8. The van der Waals surface area contributed by atoms with Gasteiger partial charge >= 0.3 is 0 Å². The minimum absolute atomic E-state index is 0.0507. The van der Waals surface area contributed by atoms with Crippen molar-refractivity contribution in [1.82, 2.24) is 0 Å². The topological polar surface area (TPSA) is 51.2 Å². The molecule has 0 amide bonds. The summed E-state index contributed by atoms with van der Waals surface area (Å²) in [6, 6.07) is 15.2. The van der Waals surface area contributed by atoms with Gasteiger partial charge in [0.1, 0.15) is 6.79 Å². The molecule has 0 aliphatic rings. The van der Waals surface area contributed by atoms with Crippen molar-refractivity contribution in [2.24, 2.45) is 0 Å². The molecule has 2 rings (SSSR count). The van der Waals surface area contributed by atoms with Crippen molar-refractivity contribution in [3.05, 3.63) is 65.7 Å². The van der Waals surface area contributed by atoms with E-state index in [2.05, 4.69) is 0 Å². The highest BCUT2D eigenvalue weighted by Gasteiger charge is 2.05. The molecule has 144 valence electrons. The number of carbonyl (C=O) groups excluding carboxylic acids is 1. The molecule has 2 aromatic carbocycles. The maximum Gasteiger partial charge on any atom is 0.185 e. The number of benzene rings is 2. The lowest BCUT2D eigenvalue weighted by molar-refractivity contribution is -0.123. The molecule has 6 heteroatoms. The molecule has 0 aliphatic heterocycles. The highest BCUT2D eigenvalue weighted by Crippen LogP contribution is 2.16. The van der Waals surface area contributed by atoms with Gasteiger partial charge in [0, 0.05) is 39.5 Å². The Balaban J connectivity index is 1.92. The van der Waals surface area contributed by atoms with Crippen molar-refractivity contribution in [2.45, 2.75) is 0 Å². The van der Waals surface area contributed by atoms with Crippen LogP contribution in [0.3, 0.4) is 0 Å². The number of hydrogen-bond donors (Lipinski definition) is 0. The van der Waals surface area contributed by atoms with E-state index < -0.39 is 0 Å². The van der Waals surface area contributed by atoms with Gasteiger partial charge in [0.15, 0.2) is 12.6 Å². The number of allylic oxidation sites excluding steroid dienone is 1. The average molecular weight is 370 g/mol. The average Bonchev–Trinajstić information content (AvgIpc) is 2.69. The number of anilines is 2. The number of ketones is 1. The van der Waals surface area contributed by atoms with Crippen LogP contribution in [0.2, 0.25) is 0 Å². The lowest BCUT2D eigenvalue weighted by Gasteiger charge is -2.18. The number of rotatable bonds is 10. The Morgan fingerprint density at radius 2 is 1.56 bits per heavy atom. The molecule has 0 aromatic heterocycles. The molecule has 0 atom stereocenters. The van der Waals surface area contributed by atoms with Gasteiger partial charge in [-0.25, -0.2) is 4.84 Å². The first-order valence-corrected chi connectivity index (χ1v) is 8.54. The van der Waals surface area contributed by atoms with Crippen LogP contribution in [0.4, 0.5) is 11.4 Å². The van der Waals surface area contributed by atoms with E-state index in [1.165, 1.54) is 0 Å². The van der Waals surface area contributed by atoms with Crippen molar-refractivity contribution in [3.8, 4) is 0 Å². The van der Waals surface area contributed by atoms with Crippen molar-refractivity contribution in [3.63, 3.8) is 0 Å². The van der Waals surface area contributed by atoms with E-state index >= 15 is 0 Å². The van der Waals surface area contributed by atoms with Crippen molar-refractivity contribution < 1.29 is 19.1 Å². The predicted octanol–water partition coefficient (Wildman–Crippen LogP) is 3.59. The van der Waals surface area contributed by atoms with Crippen LogP contribution in [0.5, 0.6) is 0 Å². The summed E-state index contributed by atoms with van der Waals surface area (Å²) in [6.07, 6.45) is 3.40. The van der Waals surface area contributed by atoms with E-state index in [1.54, 1.807) is 37.4 Å². The molecule has 0 N–H and O–H groups in total. The summed E-state index contributed by atoms with van der Waals surface area (Å²) in [5, 5.41) is 1.58. The van der Waals surface area contributed by atoms with Gasteiger partial charge in [-0.05, 0) is 48.0 Å². The number of carbonyl (C=O) groups is 1. The zero-order chi connectivity index (χ0) is 19.6. The second kappa shape index (κ2) is 10.5. The minimum Gasteiger partial charge on any atom is -0.378 e. The van der Waals surface area contributed by atoms with E-state index in [9.17, 15) is 4.79 Å². The van der Waals surface area contributed by atoms with Gasteiger partial charge in [-0.2, -0.15) is 0 Å². The standard InChI is InChI=1S/C21H26N2O4/c1-22(2)19-10-5-17(6-11-19)7-14-21(24)18-8-12-20(13-9-18)23(3)27-16-26-15-25-4/h5-14H,15-16H2,1-4H3. The monoisotopic (exact) mass is 370 g/mol. The maximum absolute atomic E-state index is 12.3. The fourth-order valence-electron chi connectivity index (χ4n) is 2.30. The Morgan fingerprint density at radius 3 is 2.15 bits per heavy atom. The molecule has 0 saturated heterocycles. The number of nitrogens with zero attached hydrogens (tertiary/aromatic N) is 2. The van der Waals surface area contributed by atoms with E-state index in [1.807, 2.05) is 61.5 Å². The molecule has 27 heavy (non-hydrogen) atoms. The molecule has 2 aromatic rings. The van der Waals surface area contributed by atoms with Gasteiger partial charge in [0.2, 0.25) is 0 Å². The minimum atomic E-state index is -0.0507. The summed E-state index contributed by atoms with van der Waals surface area (Å²) >= 11 is 0. The van der Waals surface area contributed by atoms with Gasteiger partial charge in [0.25, 0.3) is 0 Å². The van der Waals surface area contributed by atoms with Crippen LogP contribution < -0.4 is 9.96 Å². The number of hydroxylamine groups is 1. The summed E-state index contributed by atoms with van der Waals surface area (Å²) < 4.78 is 9.86. The lowest BCUT2D eigenvalue weighted by atomic mass is 10.1. The molecule has 0 bridgehead atoms. The Kier molecular flexibility index (Phi) is 8.00. The largest absolute Gasteiger partial charge is 0.378 e. The summed E-state index contributed by atoms with van der Waals surface area (Å²) in [7, 11) is 7.30. The molecule has 0 radical (unpaired) electrons. The Morgan fingerprint density at radius 1 is 0.926 bits per heavy atom. The lowest BCUT2D eigenvalue weighted by Crippen LogP contribution is -2.20. The smallest absolute Gasteiger partial charge is 0.185 e. The number of ether oxygens (including phenoxy) is 2. The third-order valence-corrected chi connectivity index (χ3v) is 3.88. The highest BCUT2D eigenvalue weighted by molar-refractivity contribution is 6.07. The zero-order valence-electron chi connectivity index (χ0n) is 16.2. The molecular formula is C21H26N2O4. The van der Waals surface area contributed by atoms with Crippen molar-refractivity contribution in [1.29, 1.82) is 0 Å². The molecule has 0 saturated carbocycles. The summed E-state index contributed by atoms with van der Waals surface area (Å²) in [5.74, 6) is -0.0507. The molecular weight excluding hydrogens is 344 g/mol. The molecule has 0 aliphatic carbocycles. The zero-order valence-corrected chi connectivity index (χ0v) is 16.2. The molecule has 0 spiro atoms. The van der Waals surface area contributed by atoms with Crippen LogP contribution in [0.1, 0.15) is 15.9 Å². The highest BCUT2D eigenvalue weighted by atomic mass is 16.8. The Bertz CT molecular complexity index is 740. The molecule has 0 unspecified atom stereocenters. The van der Waals surface area contributed by atoms with Crippen LogP contribution in [-0.2, 0) is 14.3 Å². The normalized spacial score (nSPS) is 11.0. The SMILES string of the molecule is COCOCON(C)c1ccc(C(=O)C=Cc2ccc(N(C)C)cc2)cc1. The second-order valence-electron chi connectivity index (χ2n) is 6.09. The third kappa shape index (κ3) is 6.53. The van der Waals surface area contributed by atoms with Gasteiger partial charge in [-0.15, -0.1) is 0 Å². The quantitative estimate of drug-likeness (QED) is 0.209. The van der Waals surface area contributed by atoms with E-state index in [0.717, 1.165) is 16.9 Å². The third-order valence-electron chi connectivity index (χ3n) is 3.88. The van der Waals surface area contributed by atoms with Crippen LogP contribution in [0.25, 0.3) is 6.08 Å². The van der Waals surface area contributed by atoms with Gasteiger partial charge in [-0.3, -0.25) is 9.86 Å². The van der Waals surface area contributed by atoms with Gasteiger partial charge in [0.05, 0.1) is 5.69 Å². The Labute approximate surface area is 160 Å². The van der Waals surface area contributed by atoms with Crippen molar-refractivity contribution in [2.75, 3.05) is 51.8 Å². The summed E-state index contributed by atoms with van der Waals surface area (Å²) in [5.41, 5.74) is 3.53. The summed E-state index contributed by atoms with van der Waals surface area (Å²) in [6.45, 7) is 0.256. The first-order chi connectivity index (χ1) is 13.0. The van der Waals surface area contributed by atoms with Gasteiger partial charge < -0.3 is 14.4 Å². The first kappa shape index (κ1) is 20.6. The van der Waals surface area contributed by atoms with Crippen LogP contribution in [0.15, 0.2) is 54.6 Å². The number of hydrogen-bond acceptors (Lipinski definition) is 6. The number of methoxy groups -OCH3 is 1. The molecule has 0 fully saturated rings. The fourth-order valence-corrected chi connectivity index (χ4v) is 2.30. The van der Waals surface area contributed by atoms with Crippen LogP contribution in [0, 0.1) is 0 Å². The van der Waals surface area contributed by atoms with Gasteiger partial charge in [-0.1, -0.05) is 18.2 Å². The fraction of sp³-hybridized carbons (Fsp3) is 0.286. The second-order valence-corrected chi connectivity index (χ2v) is 6.09. The molecule has 0 heterocycles. The first-order valence-electron chi connectivity index (χ1n) is 8.54. The van der Waals surface area contributed by atoms with Crippen molar-refractivity contribution >= 4 is 23.2 Å².